The van der Waals surface area contributed by atoms with Gasteiger partial charge in [-0.3, -0.25) is 9.20 Å². The van der Waals surface area contributed by atoms with E-state index in [2.05, 4.69) is 9.71 Å². The van der Waals surface area contributed by atoms with Crippen LogP contribution in [0, 0.1) is 6.92 Å². The summed E-state index contributed by atoms with van der Waals surface area (Å²) < 4.78 is 33.9. The van der Waals surface area contributed by atoms with Crippen LogP contribution in [-0.2, 0) is 14.8 Å². The summed E-state index contributed by atoms with van der Waals surface area (Å²) in [7, 11) is -3.80. The first-order chi connectivity index (χ1) is 10.7. The number of rotatable bonds is 3. The highest BCUT2D eigenvalue weighted by atomic mass is 32.2. The maximum absolute atomic E-state index is 12.4. The Morgan fingerprint density at radius 2 is 2.22 bits per heavy atom. The molecule has 0 spiro atoms. The van der Waals surface area contributed by atoms with Crippen LogP contribution in [-0.4, -0.2) is 41.2 Å². The van der Waals surface area contributed by atoms with Gasteiger partial charge >= 0.3 is 0 Å². The summed E-state index contributed by atoms with van der Waals surface area (Å²) in [6, 6.07) is 3.65. The first kappa shape index (κ1) is 15.9. The summed E-state index contributed by atoms with van der Waals surface area (Å²) in [5.74, 6) is -0.687. The molecular formula is C15H19N3O4S. The third-order valence-corrected chi connectivity index (χ3v) is 5.67. The molecule has 0 aromatic carbocycles. The molecule has 7 nitrogen and oxygen atoms in total. The van der Waals surface area contributed by atoms with Gasteiger partial charge < -0.3 is 4.74 Å². The highest BCUT2D eigenvalue weighted by Gasteiger charge is 2.40. The molecule has 1 aliphatic heterocycles. The van der Waals surface area contributed by atoms with Gasteiger partial charge in [-0.15, -0.1) is 0 Å². The summed E-state index contributed by atoms with van der Waals surface area (Å²) in [6.45, 7) is 5.62. The van der Waals surface area contributed by atoms with E-state index in [1.807, 2.05) is 26.8 Å². The number of fused-ring (bicyclic) bond motifs is 1. The van der Waals surface area contributed by atoms with Crippen molar-refractivity contribution in [2.75, 3.05) is 6.61 Å². The van der Waals surface area contributed by atoms with Crippen LogP contribution in [0.1, 0.15) is 36.3 Å². The minimum absolute atomic E-state index is 0.0852. The number of imidazole rings is 1. The van der Waals surface area contributed by atoms with Gasteiger partial charge in [-0.1, -0.05) is 6.07 Å². The van der Waals surface area contributed by atoms with Crippen LogP contribution in [0.2, 0.25) is 0 Å². The van der Waals surface area contributed by atoms with Crippen molar-refractivity contribution in [3.63, 3.8) is 0 Å². The Morgan fingerprint density at radius 1 is 1.48 bits per heavy atom. The number of nitrogens with one attached hydrogen (secondary N) is 1. The normalized spacial score (nSPS) is 20.7. The molecule has 1 fully saturated rings. The van der Waals surface area contributed by atoms with Crippen molar-refractivity contribution in [2.45, 2.75) is 38.0 Å². The number of pyridine rings is 1. The molecule has 3 heterocycles. The highest BCUT2D eigenvalue weighted by Crippen LogP contribution is 2.28. The predicted molar refractivity (Wildman–Crippen MR) is 84.8 cm³/mol. The molecule has 1 unspecified atom stereocenters. The molecule has 1 saturated heterocycles. The van der Waals surface area contributed by atoms with E-state index in [0.717, 1.165) is 5.56 Å². The fraction of sp³-hybridized carbons (Fsp3) is 0.467. The van der Waals surface area contributed by atoms with Crippen molar-refractivity contribution in [2.24, 2.45) is 0 Å². The van der Waals surface area contributed by atoms with E-state index in [4.69, 9.17) is 4.74 Å². The van der Waals surface area contributed by atoms with E-state index in [-0.39, 0.29) is 12.3 Å². The number of sulfonamides is 1. The number of ether oxygens (including phenoxy) is 1. The van der Waals surface area contributed by atoms with Crippen molar-refractivity contribution >= 4 is 21.6 Å². The molecule has 1 amide bonds. The van der Waals surface area contributed by atoms with E-state index in [0.29, 0.717) is 12.1 Å². The smallest absolute Gasteiger partial charge is 0.283 e. The average molecular weight is 337 g/mol. The van der Waals surface area contributed by atoms with Crippen LogP contribution in [0.15, 0.2) is 24.5 Å². The molecule has 8 heteroatoms. The SMILES string of the molecule is Cc1cccn2c(C(=O)NS(=O)(=O)C3COC(C)(C)C3)cnc12. The Hall–Kier alpha value is -1.93. The number of aryl methyl sites for hydroxylation is 1. The number of aromatic nitrogens is 2. The second-order valence-corrected chi connectivity index (χ2v) is 8.36. The summed E-state index contributed by atoms with van der Waals surface area (Å²) in [6.07, 6.45) is 3.41. The minimum Gasteiger partial charge on any atom is -0.374 e. The predicted octanol–water partition coefficient (Wildman–Crippen LogP) is 1.27. The molecular weight excluding hydrogens is 318 g/mol. The fourth-order valence-electron chi connectivity index (χ4n) is 2.77. The van der Waals surface area contributed by atoms with Crippen LogP contribution in [0.3, 0.4) is 0 Å². The first-order valence-corrected chi connectivity index (χ1v) is 8.87. The van der Waals surface area contributed by atoms with Crippen molar-refractivity contribution < 1.29 is 17.9 Å². The Morgan fingerprint density at radius 3 is 2.87 bits per heavy atom. The van der Waals surface area contributed by atoms with Crippen molar-refractivity contribution in [3.05, 3.63) is 35.8 Å². The lowest BCUT2D eigenvalue weighted by Gasteiger charge is -2.16. The Balaban J connectivity index is 1.85. The van der Waals surface area contributed by atoms with Crippen molar-refractivity contribution in [1.29, 1.82) is 0 Å². The lowest BCUT2D eigenvalue weighted by Crippen LogP contribution is -2.39. The van der Waals surface area contributed by atoms with Gasteiger partial charge in [0.1, 0.15) is 16.6 Å². The zero-order valence-electron chi connectivity index (χ0n) is 13.2. The van der Waals surface area contributed by atoms with Gasteiger partial charge in [0.15, 0.2) is 0 Å². The molecule has 1 aliphatic rings. The molecule has 0 radical (unpaired) electrons. The van der Waals surface area contributed by atoms with Crippen LogP contribution >= 0.6 is 0 Å². The second kappa shape index (κ2) is 5.31. The number of carbonyl (C=O) groups excluding carboxylic acids is 1. The van der Waals surface area contributed by atoms with Gasteiger partial charge in [0.2, 0.25) is 10.0 Å². The molecule has 0 bridgehead atoms. The molecule has 1 N–H and O–H groups in total. The topological polar surface area (TPSA) is 89.8 Å². The largest absolute Gasteiger partial charge is 0.374 e. The third kappa shape index (κ3) is 2.96. The van der Waals surface area contributed by atoms with Crippen LogP contribution in [0.4, 0.5) is 0 Å². The molecule has 0 aliphatic carbocycles. The number of amides is 1. The highest BCUT2D eigenvalue weighted by molar-refractivity contribution is 7.90. The number of nitrogens with zero attached hydrogens (tertiary/aromatic N) is 2. The summed E-state index contributed by atoms with van der Waals surface area (Å²) in [5, 5.41) is -0.734. The lowest BCUT2D eigenvalue weighted by atomic mass is 10.1. The molecule has 124 valence electrons. The van der Waals surface area contributed by atoms with Gasteiger partial charge in [0.25, 0.3) is 5.91 Å². The monoisotopic (exact) mass is 337 g/mol. The molecule has 2 aromatic heterocycles. The Bertz CT molecular complexity index is 870. The lowest BCUT2D eigenvalue weighted by molar-refractivity contribution is 0.0368. The average Bonchev–Trinajstić information content (AvgIpc) is 3.02. The summed E-state index contributed by atoms with van der Waals surface area (Å²) >= 11 is 0. The van der Waals surface area contributed by atoms with E-state index in [9.17, 15) is 13.2 Å². The number of hydrogen-bond acceptors (Lipinski definition) is 5. The van der Waals surface area contributed by atoms with Gasteiger partial charge in [-0.2, -0.15) is 0 Å². The summed E-state index contributed by atoms with van der Waals surface area (Å²) in [4.78, 5) is 16.5. The molecule has 0 saturated carbocycles. The first-order valence-electron chi connectivity index (χ1n) is 7.32. The number of hydrogen-bond donors (Lipinski definition) is 1. The Labute approximate surface area is 134 Å². The minimum atomic E-state index is -3.80. The van der Waals surface area contributed by atoms with Gasteiger partial charge in [0, 0.05) is 6.20 Å². The van der Waals surface area contributed by atoms with E-state index >= 15 is 0 Å². The molecule has 3 rings (SSSR count). The van der Waals surface area contributed by atoms with E-state index < -0.39 is 26.8 Å². The number of carbonyl (C=O) groups is 1. The quantitative estimate of drug-likeness (QED) is 0.911. The maximum atomic E-state index is 12.4. The second-order valence-electron chi connectivity index (χ2n) is 6.40. The maximum Gasteiger partial charge on any atom is 0.283 e. The van der Waals surface area contributed by atoms with Gasteiger partial charge in [-0.25, -0.2) is 18.1 Å². The van der Waals surface area contributed by atoms with Gasteiger partial charge in [0.05, 0.1) is 18.4 Å². The molecule has 2 aromatic rings. The summed E-state index contributed by atoms with van der Waals surface area (Å²) in [5.41, 5.74) is 1.22. The van der Waals surface area contributed by atoms with Gasteiger partial charge in [-0.05, 0) is 38.8 Å². The Kier molecular flexibility index (Phi) is 3.68. The van der Waals surface area contributed by atoms with Crippen molar-refractivity contribution in [3.8, 4) is 0 Å². The van der Waals surface area contributed by atoms with Crippen LogP contribution < -0.4 is 4.72 Å². The molecule has 1 atom stereocenters. The van der Waals surface area contributed by atoms with E-state index in [1.165, 1.54) is 6.20 Å². The molecule has 23 heavy (non-hydrogen) atoms. The van der Waals surface area contributed by atoms with Crippen molar-refractivity contribution in [1.82, 2.24) is 14.1 Å². The standard InChI is InChI=1S/C15H19N3O4S/c1-10-5-4-6-18-12(8-16-13(10)18)14(19)17-23(20,21)11-7-15(2,3)22-9-11/h4-6,8,11H,7,9H2,1-3H3,(H,17,19). The zero-order chi connectivity index (χ0) is 16.8. The van der Waals surface area contributed by atoms with Crippen LogP contribution in [0.5, 0.6) is 0 Å². The van der Waals surface area contributed by atoms with Crippen LogP contribution in [0.25, 0.3) is 5.65 Å². The van der Waals surface area contributed by atoms with E-state index in [1.54, 1.807) is 16.7 Å². The fourth-order valence-corrected chi connectivity index (χ4v) is 4.17. The zero-order valence-corrected chi connectivity index (χ0v) is 14.1. The third-order valence-electron chi connectivity index (χ3n) is 4.02.